The van der Waals surface area contributed by atoms with Crippen LogP contribution in [-0.4, -0.2) is 24.7 Å². The van der Waals surface area contributed by atoms with Crippen LogP contribution in [-0.2, 0) is 9.53 Å². The molecular formula is C16H29NO2. The second-order valence-electron chi connectivity index (χ2n) is 6.31. The highest BCUT2D eigenvalue weighted by atomic mass is 16.5. The summed E-state index contributed by atoms with van der Waals surface area (Å²) < 4.78 is 5.17. The highest BCUT2D eigenvalue weighted by Crippen LogP contribution is 2.30. The highest BCUT2D eigenvalue weighted by molar-refractivity contribution is 5.72. The van der Waals surface area contributed by atoms with Crippen LogP contribution in [0.5, 0.6) is 0 Å². The summed E-state index contributed by atoms with van der Waals surface area (Å²) in [6, 6.07) is 1.12. The summed E-state index contributed by atoms with van der Waals surface area (Å²) in [6.07, 6.45) is 9.89. The minimum atomic E-state index is 0.0162. The first kappa shape index (κ1) is 14.8. The molecule has 2 unspecified atom stereocenters. The van der Waals surface area contributed by atoms with Crippen LogP contribution in [0.15, 0.2) is 0 Å². The Labute approximate surface area is 117 Å². The van der Waals surface area contributed by atoms with Gasteiger partial charge < -0.3 is 10.1 Å². The van der Waals surface area contributed by atoms with Gasteiger partial charge in [-0.1, -0.05) is 19.3 Å². The fraction of sp³-hybridized carbons (Fsp3) is 0.938. The van der Waals surface area contributed by atoms with Crippen molar-refractivity contribution in [3.05, 3.63) is 0 Å². The zero-order valence-electron chi connectivity index (χ0n) is 12.5. The normalized spacial score (nSPS) is 30.2. The molecule has 0 saturated heterocycles. The predicted octanol–water partition coefficient (Wildman–Crippen LogP) is 3.28. The molecule has 0 amide bonds. The number of nitrogens with one attached hydrogen (secondary N) is 1. The number of carbonyl (C=O) groups excluding carboxylic acids is 1. The molecule has 2 aliphatic rings. The summed E-state index contributed by atoms with van der Waals surface area (Å²) in [7, 11) is 0. The molecule has 0 aromatic carbocycles. The van der Waals surface area contributed by atoms with E-state index >= 15 is 0 Å². The van der Waals surface area contributed by atoms with Crippen LogP contribution in [0.25, 0.3) is 0 Å². The lowest BCUT2D eigenvalue weighted by molar-refractivity contribution is -0.149. The van der Waals surface area contributed by atoms with Crippen LogP contribution in [0.1, 0.15) is 65.2 Å². The molecule has 0 aliphatic heterocycles. The molecule has 19 heavy (non-hydrogen) atoms. The maximum absolute atomic E-state index is 11.8. The van der Waals surface area contributed by atoms with Gasteiger partial charge in [0.1, 0.15) is 0 Å². The average Bonchev–Trinajstić information content (AvgIpc) is 2.93. The van der Waals surface area contributed by atoms with Crippen molar-refractivity contribution in [1.82, 2.24) is 5.32 Å². The molecule has 0 spiro atoms. The molecule has 0 aromatic heterocycles. The van der Waals surface area contributed by atoms with Crippen LogP contribution < -0.4 is 5.32 Å². The molecule has 2 saturated carbocycles. The van der Waals surface area contributed by atoms with Gasteiger partial charge in [0, 0.05) is 12.1 Å². The number of ether oxygens (including phenoxy) is 1. The Kier molecular flexibility index (Phi) is 5.68. The largest absolute Gasteiger partial charge is 0.466 e. The highest BCUT2D eigenvalue weighted by Gasteiger charge is 2.30. The van der Waals surface area contributed by atoms with E-state index in [-0.39, 0.29) is 11.9 Å². The van der Waals surface area contributed by atoms with Gasteiger partial charge in [0.2, 0.25) is 0 Å². The predicted molar refractivity (Wildman–Crippen MR) is 76.9 cm³/mol. The van der Waals surface area contributed by atoms with Crippen molar-refractivity contribution in [3.63, 3.8) is 0 Å². The lowest BCUT2D eigenvalue weighted by atomic mass is 9.84. The smallest absolute Gasteiger partial charge is 0.308 e. The Morgan fingerprint density at radius 2 is 1.95 bits per heavy atom. The summed E-state index contributed by atoms with van der Waals surface area (Å²) in [5, 5.41) is 3.78. The molecule has 0 heterocycles. The van der Waals surface area contributed by atoms with E-state index in [1.54, 1.807) is 0 Å². The quantitative estimate of drug-likeness (QED) is 0.777. The van der Waals surface area contributed by atoms with E-state index < -0.39 is 0 Å². The summed E-state index contributed by atoms with van der Waals surface area (Å²) in [6.45, 7) is 4.72. The Balaban J connectivity index is 1.78. The third-order valence-electron chi connectivity index (χ3n) is 4.90. The maximum Gasteiger partial charge on any atom is 0.308 e. The van der Waals surface area contributed by atoms with Gasteiger partial charge >= 0.3 is 5.97 Å². The van der Waals surface area contributed by atoms with Crippen molar-refractivity contribution < 1.29 is 9.53 Å². The van der Waals surface area contributed by atoms with Gasteiger partial charge in [0.25, 0.3) is 0 Å². The fourth-order valence-corrected chi connectivity index (χ4v) is 3.78. The summed E-state index contributed by atoms with van der Waals surface area (Å²) in [5.74, 6) is 0.993. The van der Waals surface area contributed by atoms with Gasteiger partial charge in [-0.05, 0) is 51.9 Å². The van der Waals surface area contributed by atoms with E-state index in [9.17, 15) is 4.79 Å². The third-order valence-corrected chi connectivity index (χ3v) is 4.90. The Morgan fingerprint density at radius 1 is 1.21 bits per heavy atom. The number of hydrogen-bond acceptors (Lipinski definition) is 3. The zero-order valence-corrected chi connectivity index (χ0v) is 12.5. The van der Waals surface area contributed by atoms with Gasteiger partial charge in [-0.15, -0.1) is 0 Å². The molecule has 0 bridgehead atoms. The monoisotopic (exact) mass is 267 g/mol. The van der Waals surface area contributed by atoms with E-state index in [2.05, 4.69) is 12.2 Å². The van der Waals surface area contributed by atoms with Crippen molar-refractivity contribution in [3.8, 4) is 0 Å². The summed E-state index contributed by atoms with van der Waals surface area (Å²) >= 11 is 0. The average molecular weight is 267 g/mol. The first-order chi connectivity index (χ1) is 9.20. The van der Waals surface area contributed by atoms with Gasteiger partial charge in [0.15, 0.2) is 0 Å². The minimum absolute atomic E-state index is 0.0162. The molecule has 0 aromatic rings. The number of carbonyl (C=O) groups is 1. The Hall–Kier alpha value is -0.570. The van der Waals surface area contributed by atoms with Crippen molar-refractivity contribution in [2.24, 2.45) is 11.8 Å². The number of hydrogen-bond donors (Lipinski definition) is 1. The van der Waals surface area contributed by atoms with Crippen molar-refractivity contribution in [2.75, 3.05) is 6.61 Å². The second-order valence-corrected chi connectivity index (χ2v) is 6.31. The topological polar surface area (TPSA) is 38.3 Å². The minimum Gasteiger partial charge on any atom is -0.466 e. The molecule has 2 fully saturated rings. The van der Waals surface area contributed by atoms with Gasteiger partial charge in [-0.2, -0.15) is 0 Å². The third kappa shape index (κ3) is 4.20. The lowest BCUT2D eigenvalue weighted by Gasteiger charge is -2.32. The summed E-state index contributed by atoms with van der Waals surface area (Å²) in [4.78, 5) is 11.8. The molecule has 2 rings (SSSR count). The van der Waals surface area contributed by atoms with Gasteiger partial charge in [0.05, 0.1) is 12.5 Å². The van der Waals surface area contributed by atoms with Crippen molar-refractivity contribution >= 4 is 5.97 Å². The molecular weight excluding hydrogens is 238 g/mol. The zero-order chi connectivity index (χ0) is 13.7. The van der Waals surface area contributed by atoms with Crippen LogP contribution in [0.4, 0.5) is 0 Å². The van der Waals surface area contributed by atoms with E-state index in [1.807, 2.05) is 6.92 Å². The molecule has 110 valence electrons. The molecule has 3 atom stereocenters. The van der Waals surface area contributed by atoms with Crippen LogP contribution >= 0.6 is 0 Å². The number of rotatable bonds is 5. The maximum atomic E-state index is 11.8. The second kappa shape index (κ2) is 7.28. The van der Waals surface area contributed by atoms with Crippen LogP contribution in [0, 0.1) is 11.8 Å². The first-order valence-corrected chi connectivity index (χ1v) is 8.13. The molecule has 3 heteroatoms. The van der Waals surface area contributed by atoms with E-state index in [0.29, 0.717) is 18.7 Å². The SMILES string of the molecule is CCOC(=O)C1CCCC(N[C@@H](C)C2CCCC2)C1. The van der Waals surface area contributed by atoms with Gasteiger partial charge in [-0.3, -0.25) is 4.79 Å². The molecule has 0 radical (unpaired) electrons. The van der Waals surface area contributed by atoms with E-state index in [0.717, 1.165) is 25.2 Å². The van der Waals surface area contributed by atoms with Crippen molar-refractivity contribution in [1.29, 1.82) is 0 Å². The Bertz CT molecular complexity index is 286. The summed E-state index contributed by atoms with van der Waals surface area (Å²) in [5.41, 5.74) is 0. The first-order valence-electron chi connectivity index (χ1n) is 8.13. The molecule has 2 aliphatic carbocycles. The lowest BCUT2D eigenvalue weighted by Crippen LogP contribution is -2.43. The number of esters is 1. The van der Waals surface area contributed by atoms with Crippen LogP contribution in [0.3, 0.4) is 0 Å². The molecule has 3 nitrogen and oxygen atoms in total. The van der Waals surface area contributed by atoms with E-state index in [1.165, 1.54) is 32.1 Å². The molecule has 1 N–H and O–H groups in total. The standard InChI is InChI=1S/C16H29NO2/c1-3-19-16(18)14-9-6-10-15(11-14)17-12(2)13-7-4-5-8-13/h12-15,17H,3-11H2,1-2H3/t12-,14?,15?/m0/s1. The Morgan fingerprint density at radius 3 is 2.63 bits per heavy atom. The van der Waals surface area contributed by atoms with Crippen LogP contribution in [0.2, 0.25) is 0 Å². The van der Waals surface area contributed by atoms with Gasteiger partial charge in [-0.25, -0.2) is 0 Å². The fourth-order valence-electron chi connectivity index (χ4n) is 3.78. The van der Waals surface area contributed by atoms with Crippen molar-refractivity contribution in [2.45, 2.75) is 77.3 Å². The van der Waals surface area contributed by atoms with E-state index in [4.69, 9.17) is 4.74 Å².